The molecule has 0 bridgehead atoms. The van der Waals surface area contributed by atoms with Crippen molar-refractivity contribution in [1.29, 1.82) is 0 Å². The second-order valence-corrected chi connectivity index (χ2v) is 6.70. The molecule has 4 nitrogen and oxygen atoms in total. The molecule has 1 fully saturated rings. The highest BCUT2D eigenvalue weighted by atomic mass is 16.7. The van der Waals surface area contributed by atoms with Gasteiger partial charge in [-0.25, -0.2) is 0 Å². The first-order chi connectivity index (χ1) is 12.1. The Bertz CT molecular complexity index is 634. The summed E-state index contributed by atoms with van der Waals surface area (Å²) in [7, 11) is 0. The third-order valence-corrected chi connectivity index (χ3v) is 4.84. The van der Waals surface area contributed by atoms with Gasteiger partial charge >= 0.3 is 0 Å². The molecule has 1 unspecified atom stereocenters. The van der Waals surface area contributed by atoms with Crippen molar-refractivity contribution in [2.45, 2.75) is 51.6 Å². The van der Waals surface area contributed by atoms with Crippen LogP contribution in [0.15, 0.2) is 60.7 Å². The van der Waals surface area contributed by atoms with Gasteiger partial charge in [0.1, 0.15) is 0 Å². The van der Waals surface area contributed by atoms with Crippen molar-refractivity contribution in [2.75, 3.05) is 0 Å². The fraction of sp³-hybridized carbons (Fsp3) is 0.429. The van der Waals surface area contributed by atoms with Crippen LogP contribution in [-0.4, -0.2) is 24.5 Å². The van der Waals surface area contributed by atoms with Crippen molar-refractivity contribution in [3.8, 4) is 0 Å². The maximum atomic E-state index is 6.43. The van der Waals surface area contributed by atoms with Gasteiger partial charge in [-0.15, -0.1) is 0 Å². The van der Waals surface area contributed by atoms with Crippen LogP contribution >= 0.6 is 0 Å². The fourth-order valence-electron chi connectivity index (χ4n) is 3.13. The van der Waals surface area contributed by atoms with Gasteiger partial charge in [0.25, 0.3) is 0 Å². The summed E-state index contributed by atoms with van der Waals surface area (Å²) in [5, 5.41) is 0. The van der Waals surface area contributed by atoms with Crippen LogP contribution in [0.2, 0.25) is 0 Å². The van der Waals surface area contributed by atoms with Crippen molar-refractivity contribution in [3.05, 3.63) is 71.8 Å². The molecule has 1 aliphatic rings. The lowest BCUT2D eigenvalue weighted by atomic mass is 9.90. The van der Waals surface area contributed by atoms with Gasteiger partial charge in [0.2, 0.25) is 0 Å². The lowest BCUT2D eigenvalue weighted by Gasteiger charge is -2.43. The molecule has 0 aromatic heterocycles. The molecule has 0 radical (unpaired) electrons. The maximum Gasteiger partial charge on any atom is 0.175 e. The summed E-state index contributed by atoms with van der Waals surface area (Å²) >= 11 is 0. The summed E-state index contributed by atoms with van der Waals surface area (Å²) in [6, 6.07) is 19.9. The average Bonchev–Trinajstić information content (AvgIpc) is 2.65. The highest BCUT2D eigenvalue weighted by Gasteiger charge is 2.41. The number of nitrogens with two attached hydrogens (primary N) is 1. The van der Waals surface area contributed by atoms with E-state index in [0.29, 0.717) is 13.2 Å². The molecule has 4 heteroatoms. The Labute approximate surface area is 149 Å². The predicted molar refractivity (Wildman–Crippen MR) is 97.7 cm³/mol. The molecule has 1 saturated heterocycles. The number of rotatable bonds is 6. The van der Waals surface area contributed by atoms with Gasteiger partial charge in [0.05, 0.1) is 31.5 Å². The van der Waals surface area contributed by atoms with Gasteiger partial charge in [0.15, 0.2) is 6.29 Å². The van der Waals surface area contributed by atoms with Gasteiger partial charge in [-0.3, -0.25) is 0 Å². The van der Waals surface area contributed by atoms with Crippen LogP contribution in [0.3, 0.4) is 0 Å². The Morgan fingerprint density at radius 2 is 1.36 bits per heavy atom. The molecule has 3 rings (SSSR count). The predicted octanol–water partition coefficient (Wildman–Crippen LogP) is 3.50. The molecule has 0 aliphatic carbocycles. The molecular formula is C21H27NO3. The van der Waals surface area contributed by atoms with Crippen molar-refractivity contribution in [1.82, 2.24) is 0 Å². The minimum Gasteiger partial charge on any atom is -0.371 e. The highest BCUT2D eigenvalue weighted by Crippen LogP contribution is 2.28. The van der Waals surface area contributed by atoms with E-state index in [-0.39, 0.29) is 24.2 Å². The summed E-state index contributed by atoms with van der Waals surface area (Å²) in [4.78, 5) is 0. The minimum absolute atomic E-state index is 0.0290. The first-order valence-corrected chi connectivity index (χ1v) is 8.87. The monoisotopic (exact) mass is 341 g/mol. The van der Waals surface area contributed by atoms with Crippen LogP contribution in [-0.2, 0) is 27.4 Å². The van der Waals surface area contributed by atoms with Gasteiger partial charge < -0.3 is 19.9 Å². The van der Waals surface area contributed by atoms with Gasteiger partial charge in [-0.2, -0.15) is 0 Å². The topological polar surface area (TPSA) is 53.7 Å². The Kier molecular flexibility index (Phi) is 6.21. The molecule has 2 aromatic rings. The average molecular weight is 341 g/mol. The molecule has 134 valence electrons. The Balaban J connectivity index is 1.61. The quantitative estimate of drug-likeness (QED) is 0.874. The molecule has 1 aliphatic heterocycles. The van der Waals surface area contributed by atoms with Crippen molar-refractivity contribution < 1.29 is 14.2 Å². The first-order valence-electron chi connectivity index (χ1n) is 8.87. The number of benzene rings is 2. The standard InChI is InChI=1S/C21H27NO3/c1-15-16(2)25-21(24-14-18-11-7-4-8-12-18)19(22)20(15)23-13-17-9-5-3-6-10-17/h3-12,15-16,19-21H,13-14,22H2,1-2H3/t15-,16-,19-,20+,21?/m1/s1. The fourth-order valence-corrected chi connectivity index (χ4v) is 3.13. The van der Waals surface area contributed by atoms with Crippen molar-refractivity contribution in [2.24, 2.45) is 11.7 Å². The van der Waals surface area contributed by atoms with E-state index in [4.69, 9.17) is 19.9 Å². The van der Waals surface area contributed by atoms with Crippen LogP contribution < -0.4 is 5.73 Å². The zero-order valence-electron chi connectivity index (χ0n) is 14.9. The van der Waals surface area contributed by atoms with Crippen molar-refractivity contribution >= 4 is 0 Å². The van der Waals surface area contributed by atoms with Crippen molar-refractivity contribution in [3.63, 3.8) is 0 Å². The molecular weight excluding hydrogens is 314 g/mol. The van der Waals surface area contributed by atoms with Crippen LogP contribution in [0.1, 0.15) is 25.0 Å². The van der Waals surface area contributed by atoms with Crippen LogP contribution in [0.25, 0.3) is 0 Å². The second kappa shape index (κ2) is 8.59. The Morgan fingerprint density at radius 1 is 0.840 bits per heavy atom. The molecule has 0 spiro atoms. The smallest absolute Gasteiger partial charge is 0.175 e. The molecule has 5 atom stereocenters. The lowest BCUT2D eigenvalue weighted by Crippen LogP contribution is -2.58. The SMILES string of the molecule is C[C@H]1[C@H](OCc2ccccc2)[C@@H](N)C(OCc2ccccc2)O[C@@H]1C. The summed E-state index contributed by atoms with van der Waals surface area (Å²) in [6.45, 7) is 5.19. The van der Waals surface area contributed by atoms with E-state index < -0.39 is 6.29 Å². The van der Waals surface area contributed by atoms with Crippen LogP contribution in [0.5, 0.6) is 0 Å². The van der Waals surface area contributed by atoms with E-state index in [0.717, 1.165) is 11.1 Å². The molecule has 0 amide bonds. The molecule has 0 saturated carbocycles. The molecule has 25 heavy (non-hydrogen) atoms. The van der Waals surface area contributed by atoms with E-state index in [1.54, 1.807) is 0 Å². The van der Waals surface area contributed by atoms with E-state index >= 15 is 0 Å². The number of hydrogen-bond donors (Lipinski definition) is 1. The minimum atomic E-state index is -0.466. The Morgan fingerprint density at radius 3 is 1.92 bits per heavy atom. The van der Waals surface area contributed by atoms with Gasteiger partial charge in [0, 0.05) is 5.92 Å². The largest absolute Gasteiger partial charge is 0.371 e. The highest BCUT2D eigenvalue weighted by molar-refractivity contribution is 5.14. The zero-order chi connectivity index (χ0) is 17.6. The summed E-state index contributed by atoms with van der Waals surface area (Å²) in [6.07, 6.45) is -0.543. The van der Waals surface area contributed by atoms with E-state index in [1.165, 1.54) is 0 Å². The van der Waals surface area contributed by atoms with E-state index in [1.807, 2.05) is 55.5 Å². The summed E-state index contributed by atoms with van der Waals surface area (Å²) < 4.78 is 18.1. The summed E-state index contributed by atoms with van der Waals surface area (Å²) in [5.74, 6) is 0.204. The molecule has 2 aromatic carbocycles. The van der Waals surface area contributed by atoms with Gasteiger partial charge in [-0.1, -0.05) is 67.6 Å². The maximum absolute atomic E-state index is 6.43. The third kappa shape index (κ3) is 4.67. The van der Waals surface area contributed by atoms with Crippen LogP contribution in [0, 0.1) is 5.92 Å². The molecule has 1 heterocycles. The zero-order valence-corrected chi connectivity index (χ0v) is 14.9. The summed E-state index contributed by atoms with van der Waals surface area (Å²) in [5.41, 5.74) is 8.67. The lowest BCUT2D eigenvalue weighted by molar-refractivity contribution is -0.252. The normalized spacial score (nSPS) is 29.5. The third-order valence-electron chi connectivity index (χ3n) is 4.84. The molecule has 2 N–H and O–H groups in total. The van der Waals surface area contributed by atoms with Gasteiger partial charge in [-0.05, 0) is 18.1 Å². The first kappa shape index (κ1) is 18.1. The number of ether oxygens (including phenoxy) is 3. The van der Waals surface area contributed by atoms with E-state index in [9.17, 15) is 0 Å². The Hall–Kier alpha value is -1.72. The number of hydrogen-bond acceptors (Lipinski definition) is 4. The van der Waals surface area contributed by atoms with Crippen LogP contribution in [0.4, 0.5) is 0 Å². The van der Waals surface area contributed by atoms with E-state index in [2.05, 4.69) is 19.1 Å². The second-order valence-electron chi connectivity index (χ2n) is 6.70.